The standard InChI is InChI=1S/C13H13N5S/c1-19-10-4-2-9(3-5-10)6-14-12-11-13(16-7-15-11)18-8-17-12/h2-5,7-8H,6H2,1H3,(H2,14,15,16,17,18). The molecule has 5 nitrogen and oxygen atoms in total. The van der Waals surface area contributed by atoms with Crippen LogP contribution in [-0.4, -0.2) is 26.2 Å². The number of fused-ring (bicyclic) bond motifs is 1. The van der Waals surface area contributed by atoms with Crippen molar-refractivity contribution in [2.45, 2.75) is 11.4 Å². The molecule has 0 fully saturated rings. The Morgan fingerprint density at radius 2 is 2.00 bits per heavy atom. The largest absolute Gasteiger partial charge is 0.364 e. The molecule has 2 N–H and O–H groups in total. The van der Waals surface area contributed by atoms with Crippen molar-refractivity contribution in [1.82, 2.24) is 19.9 Å². The highest BCUT2D eigenvalue weighted by Crippen LogP contribution is 2.17. The van der Waals surface area contributed by atoms with Gasteiger partial charge in [0.25, 0.3) is 0 Å². The predicted molar refractivity (Wildman–Crippen MR) is 77.2 cm³/mol. The number of rotatable bonds is 4. The molecule has 0 amide bonds. The molecule has 19 heavy (non-hydrogen) atoms. The molecule has 0 bridgehead atoms. The Bertz CT molecular complexity index is 677. The molecule has 0 unspecified atom stereocenters. The number of H-pyrrole nitrogens is 1. The minimum atomic E-state index is 0.676. The quantitative estimate of drug-likeness (QED) is 0.714. The van der Waals surface area contributed by atoms with Crippen LogP contribution in [0, 0.1) is 0 Å². The van der Waals surface area contributed by atoms with Gasteiger partial charge in [0.1, 0.15) is 11.8 Å². The molecule has 2 heterocycles. The molecule has 0 radical (unpaired) electrons. The van der Waals surface area contributed by atoms with Crippen molar-refractivity contribution < 1.29 is 0 Å². The van der Waals surface area contributed by atoms with Crippen LogP contribution >= 0.6 is 11.8 Å². The van der Waals surface area contributed by atoms with Gasteiger partial charge < -0.3 is 10.3 Å². The molecule has 1 aromatic carbocycles. The van der Waals surface area contributed by atoms with Gasteiger partial charge in [0.2, 0.25) is 0 Å². The van der Waals surface area contributed by atoms with Crippen LogP contribution in [0.3, 0.4) is 0 Å². The third-order valence-electron chi connectivity index (χ3n) is 2.84. The van der Waals surface area contributed by atoms with E-state index >= 15 is 0 Å². The molecule has 0 saturated carbocycles. The van der Waals surface area contributed by atoms with Crippen LogP contribution in [0.15, 0.2) is 41.8 Å². The highest BCUT2D eigenvalue weighted by molar-refractivity contribution is 7.98. The zero-order chi connectivity index (χ0) is 13.1. The lowest BCUT2D eigenvalue weighted by molar-refractivity contribution is 1.09. The minimum Gasteiger partial charge on any atom is -0.364 e. The van der Waals surface area contributed by atoms with Crippen LogP contribution in [0.1, 0.15) is 5.56 Å². The number of thioether (sulfide) groups is 1. The van der Waals surface area contributed by atoms with E-state index in [1.54, 1.807) is 18.1 Å². The summed E-state index contributed by atoms with van der Waals surface area (Å²) in [4.78, 5) is 16.7. The van der Waals surface area contributed by atoms with Gasteiger partial charge in [0.15, 0.2) is 11.5 Å². The second kappa shape index (κ2) is 5.27. The molecule has 0 aliphatic carbocycles. The first kappa shape index (κ1) is 12.0. The number of aromatic nitrogens is 4. The third kappa shape index (κ3) is 2.53. The summed E-state index contributed by atoms with van der Waals surface area (Å²) in [5.41, 5.74) is 2.72. The highest BCUT2D eigenvalue weighted by Gasteiger charge is 2.04. The molecular formula is C13H13N5S. The zero-order valence-corrected chi connectivity index (χ0v) is 11.2. The van der Waals surface area contributed by atoms with Crippen molar-refractivity contribution in [1.29, 1.82) is 0 Å². The number of benzene rings is 1. The predicted octanol–water partition coefficient (Wildman–Crippen LogP) is 2.69. The van der Waals surface area contributed by atoms with E-state index in [1.165, 1.54) is 16.8 Å². The van der Waals surface area contributed by atoms with Gasteiger partial charge in [-0.15, -0.1) is 11.8 Å². The fraction of sp³-hybridized carbons (Fsp3) is 0.154. The van der Waals surface area contributed by atoms with E-state index in [9.17, 15) is 0 Å². The monoisotopic (exact) mass is 271 g/mol. The van der Waals surface area contributed by atoms with Gasteiger partial charge in [-0.05, 0) is 24.0 Å². The lowest BCUT2D eigenvalue weighted by Gasteiger charge is -2.06. The van der Waals surface area contributed by atoms with Crippen LogP contribution in [0.4, 0.5) is 5.82 Å². The van der Waals surface area contributed by atoms with Gasteiger partial charge >= 0.3 is 0 Å². The zero-order valence-electron chi connectivity index (χ0n) is 10.4. The Kier molecular flexibility index (Phi) is 3.33. The van der Waals surface area contributed by atoms with Crippen molar-refractivity contribution >= 4 is 28.7 Å². The average Bonchev–Trinajstić information content (AvgIpc) is 2.94. The lowest BCUT2D eigenvalue weighted by atomic mass is 10.2. The van der Waals surface area contributed by atoms with Crippen molar-refractivity contribution in [3.05, 3.63) is 42.5 Å². The molecule has 3 aromatic rings. The van der Waals surface area contributed by atoms with Gasteiger partial charge in [-0.3, -0.25) is 0 Å². The maximum atomic E-state index is 4.23. The summed E-state index contributed by atoms with van der Waals surface area (Å²) in [6, 6.07) is 8.47. The molecule has 0 spiro atoms. The van der Waals surface area contributed by atoms with Gasteiger partial charge in [-0.1, -0.05) is 12.1 Å². The van der Waals surface area contributed by atoms with Crippen LogP contribution in [0.5, 0.6) is 0 Å². The van der Waals surface area contributed by atoms with Crippen molar-refractivity contribution in [2.75, 3.05) is 11.6 Å². The van der Waals surface area contributed by atoms with Crippen molar-refractivity contribution in [3.63, 3.8) is 0 Å². The number of anilines is 1. The van der Waals surface area contributed by atoms with E-state index in [0.717, 1.165) is 17.9 Å². The first-order valence-electron chi connectivity index (χ1n) is 5.87. The summed E-state index contributed by atoms with van der Waals surface area (Å²) in [6.07, 6.45) is 5.21. The topological polar surface area (TPSA) is 66.5 Å². The normalized spacial score (nSPS) is 10.8. The van der Waals surface area contributed by atoms with Crippen molar-refractivity contribution in [2.24, 2.45) is 0 Å². The van der Waals surface area contributed by atoms with E-state index in [4.69, 9.17) is 0 Å². The molecule has 0 saturated heterocycles. The van der Waals surface area contributed by atoms with E-state index < -0.39 is 0 Å². The number of nitrogens with one attached hydrogen (secondary N) is 2. The number of hydrogen-bond acceptors (Lipinski definition) is 5. The molecule has 96 valence electrons. The SMILES string of the molecule is CSc1ccc(CNc2ncnc3nc[nH]c23)cc1. The van der Waals surface area contributed by atoms with E-state index in [1.807, 2.05) is 0 Å². The number of hydrogen-bond donors (Lipinski definition) is 2. The van der Waals surface area contributed by atoms with Crippen LogP contribution in [0.2, 0.25) is 0 Å². The van der Waals surface area contributed by atoms with Crippen LogP contribution < -0.4 is 5.32 Å². The van der Waals surface area contributed by atoms with Crippen LogP contribution in [0.25, 0.3) is 11.2 Å². The summed E-state index contributed by atoms with van der Waals surface area (Å²) in [5, 5.41) is 3.30. The first-order chi connectivity index (χ1) is 9.36. The smallest absolute Gasteiger partial charge is 0.182 e. The Hall–Kier alpha value is -2.08. The fourth-order valence-corrected chi connectivity index (χ4v) is 2.24. The fourth-order valence-electron chi connectivity index (χ4n) is 1.83. The minimum absolute atomic E-state index is 0.676. The summed E-state index contributed by atoms with van der Waals surface area (Å²) in [5.74, 6) is 0.774. The molecule has 0 aliphatic heterocycles. The van der Waals surface area contributed by atoms with Gasteiger partial charge in [0.05, 0.1) is 6.33 Å². The summed E-state index contributed by atoms with van der Waals surface area (Å²) in [7, 11) is 0. The number of nitrogens with zero attached hydrogens (tertiary/aromatic N) is 3. The number of aromatic amines is 1. The van der Waals surface area contributed by atoms with Gasteiger partial charge in [0, 0.05) is 11.4 Å². The Labute approximate surface area is 114 Å². The van der Waals surface area contributed by atoms with Gasteiger partial charge in [-0.25, -0.2) is 15.0 Å². The Morgan fingerprint density at radius 3 is 2.79 bits per heavy atom. The molecule has 0 aliphatic rings. The second-order valence-electron chi connectivity index (χ2n) is 4.03. The Morgan fingerprint density at radius 1 is 1.16 bits per heavy atom. The van der Waals surface area contributed by atoms with Crippen molar-refractivity contribution in [3.8, 4) is 0 Å². The van der Waals surface area contributed by atoms with Crippen LogP contribution in [-0.2, 0) is 6.54 Å². The maximum absolute atomic E-state index is 4.23. The second-order valence-corrected chi connectivity index (χ2v) is 4.90. The van der Waals surface area contributed by atoms with Gasteiger partial charge in [-0.2, -0.15) is 0 Å². The summed E-state index contributed by atoms with van der Waals surface area (Å²) < 4.78 is 0. The summed E-state index contributed by atoms with van der Waals surface area (Å²) >= 11 is 1.74. The average molecular weight is 271 g/mol. The molecule has 0 atom stereocenters. The van der Waals surface area contributed by atoms with E-state index in [2.05, 4.69) is 55.8 Å². The first-order valence-corrected chi connectivity index (χ1v) is 7.10. The highest BCUT2D eigenvalue weighted by atomic mass is 32.2. The van der Waals surface area contributed by atoms with E-state index in [0.29, 0.717) is 5.65 Å². The lowest BCUT2D eigenvalue weighted by Crippen LogP contribution is -2.02. The third-order valence-corrected chi connectivity index (χ3v) is 3.59. The molecule has 6 heteroatoms. The summed E-state index contributed by atoms with van der Waals surface area (Å²) in [6.45, 7) is 0.722. The number of imidazole rings is 1. The molecule has 2 aromatic heterocycles. The van der Waals surface area contributed by atoms with E-state index in [-0.39, 0.29) is 0 Å². The Balaban J connectivity index is 1.76. The maximum Gasteiger partial charge on any atom is 0.182 e. The molecular weight excluding hydrogens is 258 g/mol. The molecule has 3 rings (SSSR count).